The molecule has 4 heteroatoms. The highest BCUT2D eigenvalue weighted by Crippen LogP contribution is 2.55. The lowest BCUT2D eigenvalue weighted by Crippen LogP contribution is -2.16. The minimum absolute atomic E-state index is 0.104. The highest BCUT2D eigenvalue weighted by Gasteiger charge is 2.45. The molecular weight excluding hydrogens is 268 g/mol. The number of fused-ring (bicyclic) bond motifs is 1. The smallest absolute Gasteiger partial charge is 0.343 e. The highest BCUT2D eigenvalue weighted by atomic mass is 16.5. The number of ether oxygens (including phenoxy) is 1. The summed E-state index contributed by atoms with van der Waals surface area (Å²) in [4.78, 5) is 12.4. The van der Waals surface area contributed by atoms with Gasteiger partial charge in [0.05, 0.1) is 18.1 Å². The number of aromatic hydroxyl groups is 1. The van der Waals surface area contributed by atoms with Crippen molar-refractivity contribution >= 4 is 11.0 Å². The van der Waals surface area contributed by atoms with Gasteiger partial charge < -0.3 is 14.3 Å². The zero-order chi connectivity index (χ0) is 14.6. The molecule has 0 spiro atoms. The average molecular weight is 286 g/mol. The Hall–Kier alpha value is -1.97. The number of methoxy groups -OCH3 is 1. The van der Waals surface area contributed by atoms with Crippen LogP contribution in [-0.2, 0) is 0 Å². The minimum Gasteiger partial charge on any atom is -0.507 e. The first-order valence-electron chi connectivity index (χ1n) is 7.52. The Labute approximate surface area is 122 Å². The fraction of sp³-hybridized carbons (Fsp3) is 0.471. The Morgan fingerprint density at radius 1 is 1.24 bits per heavy atom. The van der Waals surface area contributed by atoms with E-state index < -0.39 is 5.63 Å². The molecule has 1 heterocycles. The molecule has 2 aromatic rings. The quantitative estimate of drug-likeness (QED) is 0.875. The Morgan fingerprint density at radius 2 is 1.90 bits per heavy atom. The van der Waals surface area contributed by atoms with Crippen LogP contribution in [0.1, 0.15) is 37.2 Å². The van der Waals surface area contributed by atoms with Gasteiger partial charge in [-0.2, -0.15) is 0 Å². The van der Waals surface area contributed by atoms with Crippen LogP contribution in [0.15, 0.2) is 27.4 Å². The summed E-state index contributed by atoms with van der Waals surface area (Å²) in [5.74, 6) is 1.98. The fourth-order valence-corrected chi connectivity index (χ4v) is 3.37. The van der Waals surface area contributed by atoms with Crippen LogP contribution < -0.4 is 10.4 Å². The molecule has 4 rings (SSSR count). The first-order chi connectivity index (χ1) is 10.2. The molecule has 2 aliphatic carbocycles. The second kappa shape index (κ2) is 4.52. The number of hydrogen-bond acceptors (Lipinski definition) is 4. The Balaban J connectivity index is 1.90. The van der Waals surface area contributed by atoms with E-state index in [-0.39, 0.29) is 11.7 Å². The van der Waals surface area contributed by atoms with Gasteiger partial charge in [-0.25, -0.2) is 4.79 Å². The molecule has 2 aliphatic rings. The van der Waals surface area contributed by atoms with Gasteiger partial charge in [0.25, 0.3) is 0 Å². The van der Waals surface area contributed by atoms with Gasteiger partial charge >= 0.3 is 5.63 Å². The molecule has 0 radical (unpaired) electrons. The summed E-state index contributed by atoms with van der Waals surface area (Å²) < 4.78 is 10.6. The molecule has 1 aromatic carbocycles. The normalized spacial score (nSPS) is 18.4. The fourth-order valence-electron chi connectivity index (χ4n) is 3.37. The van der Waals surface area contributed by atoms with E-state index in [0.717, 1.165) is 25.7 Å². The summed E-state index contributed by atoms with van der Waals surface area (Å²) in [5, 5.41) is 11.2. The molecule has 0 amide bonds. The number of rotatable bonds is 4. The third-order valence-corrected chi connectivity index (χ3v) is 4.71. The van der Waals surface area contributed by atoms with E-state index in [1.807, 2.05) is 0 Å². The van der Waals surface area contributed by atoms with E-state index in [1.165, 1.54) is 0 Å². The summed E-state index contributed by atoms with van der Waals surface area (Å²) >= 11 is 0. The van der Waals surface area contributed by atoms with Crippen LogP contribution in [0.3, 0.4) is 0 Å². The largest absolute Gasteiger partial charge is 0.507 e. The predicted octanol–water partition coefficient (Wildman–Crippen LogP) is 3.41. The van der Waals surface area contributed by atoms with Crippen LogP contribution in [-0.4, -0.2) is 12.2 Å². The molecule has 21 heavy (non-hydrogen) atoms. The van der Waals surface area contributed by atoms with Crippen LogP contribution >= 0.6 is 0 Å². The van der Waals surface area contributed by atoms with Gasteiger partial charge in [-0.3, -0.25) is 0 Å². The van der Waals surface area contributed by atoms with Crippen molar-refractivity contribution in [1.82, 2.24) is 0 Å². The highest BCUT2D eigenvalue weighted by molar-refractivity contribution is 5.85. The lowest BCUT2D eigenvalue weighted by molar-refractivity contribution is 0.410. The topological polar surface area (TPSA) is 59.7 Å². The summed E-state index contributed by atoms with van der Waals surface area (Å²) in [6.07, 6.45) is 4.61. The predicted molar refractivity (Wildman–Crippen MR) is 78.9 cm³/mol. The van der Waals surface area contributed by atoms with Crippen molar-refractivity contribution in [3.63, 3.8) is 0 Å². The van der Waals surface area contributed by atoms with Gasteiger partial charge in [0, 0.05) is 12.0 Å². The van der Waals surface area contributed by atoms with Gasteiger partial charge in [-0.05, 0) is 49.7 Å². The molecule has 1 N–H and O–H groups in total. The maximum atomic E-state index is 12.4. The first-order valence-corrected chi connectivity index (χ1v) is 7.52. The molecule has 110 valence electrons. The van der Waals surface area contributed by atoms with Crippen molar-refractivity contribution < 1.29 is 14.3 Å². The zero-order valence-corrected chi connectivity index (χ0v) is 12.0. The molecule has 2 fully saturated rings. The van der Waals surface area contributed by atoms with E-state index in [4.69, 9.17) is 9.15 Å². The average Bonchev–Trinajstić information content (AvgIpc) is 3.36. The summed E-state index contributed by atoms with van der Waals surface area (Å²) in [6, 6.07) is 5.17. The maximum Gasteiger partial charge on any atom is 0.343 e. The Bertz CT molecular complexity index is 741. The van der Waals surface area contributed by atoms with Crippen molar-refractivity contribution in [3.05, 3.63) is 34.2 Å². The van der Waals surface area contributed by atoms with Crippen LogP contribution in [0, 0.1) is 11.8 Å². The third-order valence-electron chi connectivity index (χ3n) is 4.71. The lowest BCUT2D eigenvalue weighted by atomic mass is 9.89. The van der Waals surface area contributed by atoms with Crippen molar-refractivity contribution in [2.24, 2.45) is 11.8 Å². The second-order valence-electron chi connectivity index (χ2n) is 6.21. The van der Waals surface area contributed by atoms with Crippen LogP contribution in [0.5, 0.6) is 11.5 Å². The van der Waals surface area contributed by atoms with E-state index in [0.29, 0.717) is 34.1 Å². The maximum absolute atomic E-state index is 12.4. The third kappa shape index (κ3) is 2.09. The molecule has 0 atom stereocenters. The van der Waals surface area contributed by atoms with Crippen molar-refractivity contribution in [2.45, 2.75) is 31.6 Å². The molecule has 0 saturated heterocycles. The van der Waals surface area contributed by atoms with Crippen molar-refractivity contribution in [3.8, 4) is 11.5 Å². The van der Waals surface area contributed by atoms with Gasteiger partial charge in [0.15, 0.2) is 0 Å². The first kappa shape index (κ1) is 12.7. The van der Waals surface area contributed by atoms with Gasteiger partial charge in [-0.1, -0.05) is 0 Å². The molecular formula is C17H18O4. The second-order valence-corrected chi connectivity index (χ2v) is 6.21. The van der Waals surface area contributed by atoms with Crippen molar-refractivity contribution in [1.29, 1.82) is 0 Å². The number of benzene rings is 1. The van der Waals surface area contributed by atoms with Crippen LogP contribution in [0.2, 0.25) is 0 Å². The Kier molecular flexibility index (Phi) is 2.74. The summed E-state index contributed by atoms with van der Waals surface area (Å²) in [7, 11) is 1.56. The number of hydrogen-bond donors (Lipinski definition) is 1. The monoisotopic (exact) mass is 286 g/mol. The van der Waals surface area contributed by atoms with E-state index in [9.17, 15) is 9.90 Å². The minimum atomic E-state index is -0.392. The molecule has 0 unspecified atom stereocenters. The van der Waals surface area contributed by atoms with E-state index in [1.54, 1.807) is 25.3 Å². The standard InChI is InChI=1S/C17H18O4/c1-20-11-6-7-12-13(8-11)21-17(19)15(16(12)18)14(9-2-3-9)10-4-5-10/h6-10,14,18H,2-5H2,1H3. The van der Waals surface area contributed by atoms with Gasteiger partial charge in [0.2, 0.25) is 0 Å². The zero-order valence-electron chi connectivity index (χ0n) is 12.0. The lowest BCUT2D eigenvalue weighted by Gasteiger charge is -2.16. The molecule has 0 aliphatic heterocycles. The molecule has 4 nitrogen and oxygen atoms in total. The summed E-state index contributed by atoms with van der Waals surface area (Å²) in [6.45, 7) is 0. The van der Waals surface area contributed by atoms with Gasteiger partial charge in [0.1, 0.15) is 17.1 Å². The van der Waals surface area contributed by atoms with E-state index >= 15 is 0 Å². The molecule has 0 bridgehead atoms. The summed E-state index contributed by atoms with van der Waals surface area (Å²) in [5.41, 5.74) is 0.487. The SMILES string of the molecule is COc1ccc2c(O)c(C(C3CC3)C3CC3)c(=O)oc2c1. The Morgan fingerprint density at radius 3 is 2.48 bits per heavy atom. The molecule has 1 aromatic heterocycles. The van der Waals surface area contributed by atoms with Crippen LogP contribution in [0.4, 0.5) is 0 Å². The van der Waals surface area contributed by atoms with Crippen molar-refractivity contribution in [2.75, 3.05) is 7.11 Å². The molecule has 2 saturated carbocycles. The van der Waals surface area contributed by atoms with E-state index in [2.05, 4.69) is 0 Å². The van der Waals surface area contributed by atoms with Gasteiger partial charge in [-0.15, -0.1) is 0 Å². The van der Waals surface area contributed by atoms with Crippen LogP contribution in [0.25, 0.3) is 11.0 Å².